The Morgan fingerprint density at radius 2 is 2.00 bits per heavy atom. The maximum Gasteiger partial charge on any atom is 0.275 e. The minimum Gasteiger partial charge on any atom is -0.329 e. The van der Waals surface area contributed by atoms with Crippen molar-refractivity contribution in [3.63, 3.8) is 0 Å². The molecule has 1 atom stereocenters. The number of rotatable bonds is 3. The van der Waals surface area contributed by atoms with Gasteiger partial charge in [0.2, 0.25) is 0 Å². The van der Waals surface area contributed by atoms with Crippen molar-refractivity contribution >= 4 is 17.2 Å². The minimum absolute atomic E-state index is 0.0323. The molecule has 1 aliphatic carbocycles. The average Bonchev–Trinajstić information content (AvgIpc) is 3.45. The standard InChI is InChI=1S/C21H20FN3OS/c22-14-8-10-15(11-9-14)25-17-5-1-4-16(17)20(23-25)21(26)24-12-2-6-18(24)19-7-3-13-27-19/h3,7-11,13,18H,1-2,4-6,12H2. The molecule has 4 nitrogen and oxygen atoms in total. The lowest BCUT2D eigenvalue weighted by Gasteiger charge is -2.23. The molecule has 1 aliphatic heterocycles. The second-order valence-electron chi connectivity index (χ2n) is 7.19. The molecule has 3 aromatic rings. The summed E-state index contributed by atoms with van der Waals surface area (Å²) in [6, 6.07) is 10.6. The van der Waals surface area contributed by atoms with E-state index in [2.05, 4.69) is 11.4 Å². The molecule has 1 unspecified atom stereocenters. The van der Waals surface area contributed by atoms with Gasteiger partial charge >= 0.3 is 0 Å². The van der Waals surface area contributed by atoms with Crippen molar-refractivity contribution < 1.29 is 9.18 Å². The van der Waals surface area contributed by atoms with Crippen molar-refractivity contribution in [1.29, 1.82) is 0 Å². The van der Waals surface area contributed by atoms with Crippen LogP contribution in [0, 0.1) is 5.82 Å². The van der Waals surface area contributed by atoms with Gasteiger partial charge in [-0.3, -0.25) is 4.79 Å². The summed E-state index contributed by atoms with van der Waals surface area (Å²) in [6.07, 6.45) is 4.85. The SMILES string of the molecule is O=C(c1nn(-c2ccc(F)cc2)c2c1CCC2)N1CCCC1c1cccs1. The zero-order valence-electron chi connectivity index (χ0n) is 14.9. The largest absolute Gasteiger partial charge is 0.329 e. The predicted molar refractivity (Wildman–Crippen MR) is 103 cm³/mol. The van der Waals surface area contributed by atoms with Crippen LogP contribution in [0.15, 0.2) is 41.8 Å². The van der Waals surface area contributed by atoms with Crippen LogP contribution in [-0.4, -0.2) is 27.1 Å². The Morgan fingerprint density at radius 1 is 1.15 bits per heavy atom. The Morgan fingerprint density at radius 3 is 2.78 bits per heavy atom. The molecule has 2 aliphatic rings. The zero-order valence-corrected chi connectivity index (χ0v) is 15.7. The summed E-state index contributed by atoms with van der Waals surface area (Å²) in [4.78, 5) is 16.6. The molecule has 1 fully saturated rings. The van der Waals surface area contributed by atoms with E-state index in [4.69, 9.17) is 5.10 Å². The van der Waals surface area contributed by atoms with Gasteiger partial charge in [0, 0.05) is 22.7 Å². The van der Waals surface area contributed by atoms with Crippen LogP contribution in [0.25, 0.3) is 5.69 Å². The molecule has 27 heavy (non-hydrogen) atoms. The van der Waals surface area contributed by atoms with Crippen molar-refractivity contribution in [2.24, 2.45) is 0 Å². The summed E-state index contributed by atoms with van der Waals surface area (Å²) in [5.41, 5.74) is 3.55. The van der Waals surface area contributed by atoms with Crippen molar-refractivity contribution in [2.75, 3.05) is 6.54 Å². The monoisotopic (exact) mass is 381 g/mol. The predicted octanol–water partition coefficient (Wildman–Crippen LogP) is 4.54. The summed E-state index contributed by atoms with van der Waals surface area (Å²) in [5.74, 6) is -0.236. The summed E-state index contributed by atoms with van der Waals surface area (Å²) in [7, 11) is 0. The maximum atomic E-state index is 13.4. The number of fused-ring (bicyclic) bond motifs is 1. The molecule has 1 saturated heterocycles. The van der Waals surface area contributed by atoms with Crippen molar-refractivity contribution in [3.05, 3.63) is 69.4 Å². The molecule has 1 aromatic carbocycles. The van der Waals surface area contributed by atoms with Crippen LogP contribution >= 0.6 is 11.3 Å². The van der Waals surface area contributed by atoms with E-state index in [0.717, 1.165) is 55.6 Å². The normalized spacial score (nSPS) is 18.9. The number of halogens is 1. The Kier molecular flexibility index (Phi) is 4.08. The Hall–Kier alpha value is -2.47. The van der Waals surface area contributed by atoms with Gasteiger partial charge in [-0.05, 0) is 67.8 Å². The second kappa shape index (κ2) is 6.60. The van der Waals surface area contributed by atoms with Crippen LogP contribution in [0.3, 0.4) is 0 Å². The van der Waals surface area contributed by atoms with Gasteiger partial charge in [-0.25, -0.2) is 9.07 Å². The molecule has 5 rings (SSSR count). The Balaban J connectivity index is 1.53. The number of hydrogen-bond acceptors (Lipinski definition) is 3. The number of likely N-dealkylation sites (tertiary alicyclic amines) is 1. The topological polar surface area (TPSA) is 38.1 Å². The van der Waals surface area contributed by atoms with Gasteiger partial charge in [-0.2, -0.15) is 5.10 Å². The molecule has 2 aromatic heterocycles. The van der Waals surface area contributed by atoms with E-state index in [0.29, 0.717) is 5.69 Å². The molecule has 3 heterocycles. The average molecular weight is 381 g/mol. The number of benzene rings is 1. The molecule has 0 N–H and O–H groups in total. The molecule has 1 amide bonds. The summed E-state index contributed by atoms with van der Waals surface area (Å²) in [6.45, 7) is 0.777. The lowest BCUT2D eigenvalue weighted by molar-refractivity contribution is 0.0730. The lowest BCUT2D eigenvalue weighted by atomic mass is 10.1. The number of aromatic nitrogens is 2. The highest BCUT2D eigenvalue weighted by atomic mass is 32.1. The highest BCUT2D eigenvalue weighted by Gasteiger charge is 2.35. The fourth-order valence-corrected chi connectivity index (χ4v) is 5.20. The number of amides is 1. The summed E-state index contributed by atoms with van der Waals surface area (Å²) < 4.78 is 15.1. The van der Waals surface area contributed by atoms with E-state index in [-0.39, 0.29) is 17.8 Å². The fraction of sp³-hybridized carbons (Fsp3) is 0.333. The van der Waals surface area contributed by atoms with Crippen LogP contribution in [0.4, 0.5) is 4.39 Å². The second-order valence-corrected chi connectivity index (χ2v) is 8.17. The van der Waals surface area contributed by atoms with Gasteiger partial charge in [0.15, 0.2) is 5.69 Å². The quantitative estimate of drug-likeness (QED) is 0.668. The van der Waals surface area contributed by atoms with E-state index in [1.807, 2.05) is 15.6 Å². The molecular weight excluding hydrogens is 361 g/mol. The third-order valence-electron chi connectivity index (χ3n) is 5.59. The van der Waals surface area contributed by atoms with E-state index in [9.17, 15) is 9.18 Å². The van der Waals surface area contributed by atoms with Crippen molar-refractivity contribution in [1.82, 2.24) is 14.7 Å². The molecular formula is C21H20FN3OS. The number of nitrogens with zero attached hydrogens (tertiary/aromatic N) is 3. The molecule has 6 heteroatoms. The van der Waals surface area contributed by atoms with E-state index in [1.54, 1.807) is 23.5 Å². The zero-order chi connectivity index (χ0) is 18.4. The van der Waals surface area contributed by atoms with Gasteiger partial charge in [-0.1, -0.05) is 6.07 Å². The molecule has 0 radical (unpaired) electrons. The van der Waals surface area contributed by atoms with Crippen molar-refractivity contribution in [2.45, 2.75) is 38.1 Å². The highest BCUT2D eigenvalue weighted by Crippen LogP contribution is 2.37. The highest BCUT2D eigenvalue weighted by molar-refractivity contribution is 7.10. The van der Waals surface area contributed by atoms with Gasteiger partial charge in [-0.15, -0.1) is 11.3 Å². The third kappa shape index (κ3) is 2.79. The van der Waals surface area contributed by atoms with E-state index >= 15 is 0 Å². The first-order valence-electron chi connectivity index (χ1n) is 9.43. The summed E-state index contributed by atoms with van der Waals surface area (Å²) in [5, 5.41) is 6.77. The lowest BCUT2D eigenvalue weighted by Crippen LogP contribution is -2.31. The van der Waals surface area contributed by atoms with Gasteiger partial charge in [0.25, 0.3) is 5.91 Å². The van der Waals surface area contributed by atoms with Gasteiger partial charge in [0.1, 0.15) is 5.82 Å². The van der Waals surface area contributed by atoms with Crippen LogP contribution in [0.2, 0.25) is 0 Å². The molecule has 0 bridgehead atoms. The first-order valence-corrected chi connectivity index (χ1v) is 10.3. The van der Waals surface area contributed by atoms with E-state index in [1.165, 1.54) is 17.0 Å². The molecule has 0 spiro atoms. The van der Waals surface area contributed by atoms with Crippen molar-refractivity contribution in [3.8, 4) is 5.69 Å². The van der Waals surface area contributed by atoms with Crippen LogP contribution < -0.4 is 0 Å². The first kappa shape index (κ1) is 16.7. The molecule has 138 valence electrons. The third-order valence-corrected chi connectivity index (χ3v) is 6.56. The van der Waals surface area contributed by atoms with Crippen LogP contribution in [0.5, 0.6) is 0 Å². The first-order chi connectivity index (χ1) is 13.2. The number of thiophene rings is 1. The van der Waals surface area contributed by atoms with Gasteiger partial charge in [0.05, 0.1) is 11.7 Å². The van der Waals surface area contributed by atoms with Gasteiger partial charge < -0.3 is 4.90 Å². The Labute approximate surface area is 161 Å². The number of carbonyl (C=O) groups is 1. The van der Waals surface area contributed by atoms with E-state index < -0.39 is 0 Å². The van der Waals surface area contributed by atoms with Crippen LogP contribution in [-0.2, 0) is 12.8 Å². The Bertz CT molecular complexity index is 978. The smallest absolute Gasteiger partial charge is 0.275 e. The number of hydrogen-bond donors (Lipinski definition) is 0. The summed E-state index contributed by atoms with van der Waals surface area (Å²) >= 11 is 1.71. The number of carbonyl (C=O) groups excluding carboxylic acids is 1. The molecule has 0 saturated carbocycles. The van der Waals surface area contributed by atoms with Crippen LogP contribution in [0.1, 0.15) is 51.9 Å². The minimum atomic E-state index is -0.269. The fourth-order valence-electron chi connectivity index (χ4n) is 4.33. The maximum absolute atomic E-state index is 13.4.